The van der Waals surface area contributed by atoms with E-state index in [0.717, 1.165) is 16.8 Å². The van der Waals surface area contributed by atoms with Crippen molar-refractivity contribution in [2.75, 3.05) is 19.5 Å². The molecule has 2 N–H and O–H groups in total. The molecule has 0 radical (unpaired) electrons. The minimum Gasteiger partial charge on any atom is -0.495 e. The first-order chi connectivity index (χ1) is 14.4. The number of nitrogens with one attached hydrogen (secondary N) is 2. The van der Waals surface area contributed by atoms with Crippen LogP contribution in [0.2, 0.25) is 5.02 Å². The molecule has 9 heteroatoms. The molecule has 0 aliphatic rings. The molecule has 3 rings (SSSR count). The molecule has 1 amide bonds. The molecule has 0 aliphatic heterocycles. The van der Waals surface area contributed by atoms with Gasteiger partial charge in [0.2, 0.25) is 5.95 Å². The predicted molar refractivity (Wildman–Crippen MR) is 117 cm³/mol. The van der Waals surface area contributed by atoms with Crippen molar-refractivity contribution in [3.8, 4) is 5.75 Å². The number of anilines is 2. The number of rotatable bonds is 8. The van der Waals surface area contributed by atoms with Gasteiger partial charge in [-0.15, -0.1) is 0 Å². The van der Waals surface area contributed by atoms with E-state index in [1.807, 2.05) is 10.9 Å². The van der Waals surface area contributed by atoms with Gasteiger partial charge in [0.25, 0.3) is 5.91 Å². The van der Waals surface area contributed by atoms with Gasteiger partial charge < -0.3 is 15.4 Å². The summed E-state index contributed by atoms with van der Waals surface area (Å²) in [5, 5.41) is 10.6. The summed E-state index contributed by atoms with van der Waals surface area (Å²) in [5.41, 5.74) is 3.13. The first-order valence-corrected chi connectivity index (χ1v) is 9.99. The second-order valence-electron chi connectivity index (χ2n) is 7.07. The van der Waals surface area contributed by atoms with Gasteiger partial charge in [0.1, 0.15) is 5.75 Å². The van der Waals surface area contributed by atoms with Gasteiger partial charge in [0.15, 0.2) is 0 Å². The SMILES string of the molecule is CNC(=O)c1cc(CCc2cnc(Nc3cnn(C(C)C)c3)nc2)c(Cl)c(OC)c1. The van der Waals surface area contributed by atoms with E-state index in [-0.39, 0.29) is 11.9 Å². The summed E-state index contributed by atoms with van der Waals surface area (Å²) >= 11 is 6.43. The van der Waals surface area contributed by atoms with E-state index in [1.165, 1.54) is 7.11 Å². The van der Waals surface area contributed by atoms with Crippen molar-refractivity contribution >= 4 is 29.1 Å². The monoisotopic (exact) mass is 428 g/mol. The summed E-state index contributed by atoms with van der Waals surface area (Å²) in [5.74, 6) is 0.791. The largest absolute Gasteiger partial charge is 0.495 e. The Labute approximate surface area is 180 Å². The molecular weight excluding hydrogens is 404 g/mol. The van der Waals surface area contributed by atoms with Crippen LogP contribution in [0.1, 0.15) is 41.4 Å². The number of hydrogen-bond acceptors (Lipinski definition) is 6. The number of amides is 1. The van der Waals surface area contributed by atoms with Crippen LogP contribution < -0.4 is 15.4 Å². The fraction of sp³-hybridized carbons (Fsp3) is 0.333. The van der Waals surface area contributed by atoms with E-state index in [2.05, 4.69) is 39.5 Å². The number of halogens is 1. The van der Waals surface area contributed by atoms with Gasteiger partial charge in [-0.25, -0.2) is 9.97 Å². The third kappa shape index (κ3) is 5.07. The first-order valence-electron chi connectivity index (χ1n) is 9.61. The lowest BCUT2D eigenvalue weighted by Gasteiger charge is -2.12. The maximum Gasteiger partial charge on any atom is 0.251 e. The van der Waals surface area contributed by atoms with Crippen LogP contribution in [-0.2, 0) is 12.8 Å². The molecule has 0 aliphatic carbocycles. The summed E-state index contributed by atoms with van der Waals surface area (Å²) in [4.78, 5) is 20.8. The van der Waals surface area contributed by atoms with Gasteiger partial charge in [0.05, 0.1) is 24.0 Å². The van der Waals surface area contributed by atoms with Gasteiger partial charge in [-0.2, -0.15) is 5.10 Å². The summed E-state index contributed by atoms with van der Waals surface area (Å²) in [6, 6.07) is 3.71. The molecule has 2 heterocycles. The van der Waals surface area contributed by atoms with Crippen LogP contribution in [-0.4, -0.2) is 39.8 Å². The van der Waals surface area contributed by atoms with Gasteiger partial charge in [-0.3, -0.25) is 9.48 Å². The van der Waals surface area contributed by atoms with Gasteiger partial charge in [-0.05, 0) is 49.9 Å². The quantitative estimate of drug-likeness (QED) is 0.566. The summed E-state index contributed by atoms with van der Waals surface area (Å²) in [6.07, 6.45) is 8.50. The zero-order chi connectivity index (χ0) is 21.7. The standard InChI is InChI=1S/C21H25ClN6O2/c1-13(2)28-12-17(11-26-28)27-21-24-9-14(10-25-21)5-6-15-7-16(20(29)23-3)8-18(30-4)19(15)22/h7-13H,5-6H2,1-4H3,(H,23,29)(H,24,25,27). The fourth-order valence-electron chi connectivity index (χ4n) is 2.90. The first kappa shape index (κ1) is 21.6. The van der Waals surface area contributed by atoms with E-state index in [4.69, 9.17) is 16.3 Å². The van der Waals surface area contributed by atoms with Crippen LogP contribution >= 0.6 is 11.6 Å². The Morgan fingerprint density at radius 2 is 1.93 bits per heavy atom. The number of carbonyl (C=O) groups excluding carboxylic acids is 1. The Morgan fingerprint density at radius 1 is 1.20 bits per heavy atom. The van der Waals surface area contributed by atoms with Crippen molar-refractivity contribution in [2.45, 2.75) is 32.7 Å². The highest BCUT2D eigenvalue weighted by atomic mass is 35.5. The number of nitrogens with zero attached hydrogens (tertiary/aromatic N) is 4. The summed E-state index contributed by atoms with van der Waals surface area (Å²) in [7, 11) is 3.12. The van der Waals surface area contributed by atoms with Crippen LogP contribution in [0.3, 0.4) is 0 Å². The van der Waals surface area contributed by atoms with Crippen LogP contribution in [0.4, 0.5) is 11.6 Å². The van der Waals surface area contributed by atoms with Gasteiger partial charge >= 0.3 is 0 Å². The van der Waals surface area contributed by atoms with Gasteiger partial charge in [0, 0.05) is 37.2 Å². The topological polar surface area (TPSA) is 94.0 Å². The average molecular weight is 429 g/mol. The minimum atomic E-state index is -0.189. The molecule has 8 nitrogen and oxygen atoms in total. The van der Waals surface area contributed by atoms with Crippen LogP contribution in [0, 0.1) is 0 Å². The second kappa shape index (κ2) is 9.58. The lowest BCUT2D eigenvalue weighted by Crippen LogP contribution is -2.18. The third-order valence-corrected chi connectivity index (χ3v) is 5.03. The molecule has 0 saturated carbocycles. The number of methoxy groups -OCH3 is 1. The van der Waals surface area contributed by atoms with Crippen molar-refractivity contribution in [2.24, 2.45) is 0 Å². The highest BCUT2D eigenvalue weighted by Gasteiger charge is 2.14. The molecule has 0 bridgehead atoms. The van der Waals surface area contributed by atoms with E-state index in [0.29, 0.717) is 35.1 Å². The molecule has 3 aromatic rings. The molecule has 0 unspecified atom stereocenters. The van der Waals surface area contributed by atoms with Crippen LogP contribution in [0.15, 0.2) is 36.9 Å². The molecule has 0 saturated heterocycles. The van der Waals surface area contributed by atoms with Crippen molar-refractivity contribution in [1.29, 1.82) is 0 Å². The number of ether oxygens (including phenoxy) is 1. The second-order valence-corrected chi connectivity index (χ2v) is 7.45. The predicted octanol–water partition coefficient (Wildman–Crippen LogP) is 3.80. The van der Waals surface area contributed by atoms with E-state index in [1.54, 1.807) is 37.8 Å². The number of benzene rings is 1. The van der Waals surface area contributed by atoms with Crippen LogP contribution in [0.5, 0.6) is 5.75 Å². The van der Waals surface area contributed by atoms with E-state index < -0.39 is 0 Å². The maximum atomic E-state index is 12.0. The number of hydrogen-bond donors (Lipinski definition) is 2. The van der Waals surface area contributed by atoms with Crippen molar-refractivity contribution < 1.29 is 9.53 Å². The van der Waals surface area contributed by atoms with Crippen molar-refractivity contribution in [3.05, 3.63) is 58.6 Å². The third-order valence-electron chi connectivity index (χ3n) is 4.60. The molecular formula is C21H25ClN6O2. The number of aromatic nitrogens is 4. The Balaban J connectivity index is 1.68. The average Bonchev–Trinajstić information content (AvgIpc) is 3.22. The van der Waals surface area contributed by atoms with E-state index >= 15 is 0 Å². The fourth-order valence-corrected chi connectivity index (χ4v) is 3.18. The normalized spacial score (nSPS) is 10.9. The maximum absolute atomic E-state index is 12.0. The zero-order valence-corrected chi connectivity index (χ0v) is 18.2. The molecule has 0 atom stereocenters. The summed E-state index contributed by atoms with van der Waals surface area (Å²) < 4.78 is 7.17. The Bertz CT molecular complexity index is 1020. The smallest absolute Gasteiger partial charge is 0.251 e. The highest BCUT2D eigenvalue weighted by Crippen LogP contribution is 2.31. The molecule has 30 heavy (non-hydrogen) atoms. The Morgan fingerprint density at radius 3 is 2.53 bits per heavy atom. The zero-order valence-electron chi connectivity index (χ0n) is 17.4. The molecule has 0 fully saturated rings. The number of carbonyl (C=O) groups is 1. The highest BCUT2D eigenvalue weighted by molar-refractivity contribution is 6.33. The van der Waals surface area contributed by atoms with Crippen LogP contribution in [0.25, 0.3) is 0 Å². The molecule has 2 aromatic heterocycles. The molecule has 158 valence electrons. The molecule has 0 spiro atoms. The Kier molecular flexibility index (Phi) is 6.89. The van der Waals surface area contributed by atoms with Crippen molar-refractivity contribution in [3.63, 3.8) is 0 Å². The lowest BCUT2D eigenvalue weighted by molar-refractivity contribution is 0.0962. The number of aryl methyl sites for hydroxylation is 2. The minimum absolute atomic E-state index is 0.189. The van der Waals surface area contributed by atoms with Crippen molar-refractivity contribution in [1.82, 2.24) is 25.1 Å². The lowest BCUT2D eigenvalue weighted by atomic mass is 10.0. The molecule has 1 aromatic carbocycles. The van der Waals surface area contributed by atoms with E-state index in [9.17, 15) is 4.79 Å². The summed E-state index contributed by atoms with van der Waals surface area (Å²) in [6.45, 7) is 4.13. The Hall–Kier alpha value is -3.13. The van der Waals surface area contributed by atoms with Gasteiger partial charge in [-0.1, -0.05) is 11.6 Å².